The van der Waals surface area contributed by atoms with Crippen molar-refractivity contribution in [3.05, 3.63) is 23.4 Å². The van der Waals surface area contributed by atoms with Crippen molar-refractivity contribution >= 4 is 5.82 Å². The predicted molar refractivity (Wildman–Crippen MR) is 78.3 cm³/mol. The Morgan fingerprint density at radius 3 is 2.84 bits per heavy atom. The first-order valence-electron chi connectivity index (χ1n) is 7.32. The van der Waals surface area contributed by atoms with Crippen LogP contribution in [0, 0.1) is 6.92 Å². The monoisotopic (exact) mass is 260 g/mol. The van der Waals surface area contributed by atoms with Crippen LogP contribution < -0.4 is 10.6 Å². The fraction of sp³-hybridized carbons (Fsp3) is 0.667. The number of likely N-dealkylation sites (N-methyl/N-ethyl adjacent to an activating group) is 1. The summed E-state index contributed by atoms with van der Waals surface area (Å²) >= 11 is 0. The third-order valence-corrected chi connectivity index (χ3v) is 4.71. The molecular formula is C15H24N4. The van der Waals surface area contributed by atoms with E-state index in [1.165, 1.54) is 24.8 Å². The van der Waals surface area contributed by atoms with Gasteiger partial charge in [-0.1, -0.05) is 0 Å². The minimum Gasteiger partial charge on any atom is -0.355 e. The average molecular weight is 260 g/mol. The number of anilines is 1. The lowest BCUT2D eigenvalue weighted by Crippen LogP contribution is -2.37. The van der Waals surface area contributed by atoms with Crippen LogP contribution in [-0.2, 0) is 6.54 Å². The predicted octanol–water partition coefficient (Wildman–Crippen LogP) is 1.52. The summed E-state index contributed by atoms with van der Waals surface area (Å²) in [6.07, 6.45) is 3.94. The number of nitrogens with zero attached hydrogens (tertiary/aromatic N) is 3. The molecule has 3 rings (SSSR count). The van der Waals surface area contributed by atoms with Gasteiger partial charge in [-0.25, -0.2) is 4.98 Å². The number of nitrogens with two attached hydrogens (primary N) is 1. The molecule has 2 fully saturated rings. The van der Waals surface area contributed by atoms with Crippen molar-refractivity contribution in [1.82, 2.24) is 9.88 Å². The van der Waals surface area contributed by atoms with E-state index in [0.29, 0.717) is 12.6 Å². The van der Waals surface area contributed by atoms with Gasteiger partial charge >= 0.3 is 0 Å². The molecule has 0 radical (unpaired) electrons. The van der Waals surface area contributed by atoms with Gasteiger partial charge in [0.05, 0.1) is 0 Å². The van der Waals surface area contributed by atoms with Crippen molar-refractivity contribution in [2.75, 3.05) is 25.0 Å². The molecule has 1 aromatic rings. The zero-order valence-electron chi connectivity index (χ0n) is 12.0. The second kappa shape index (κ2) is 5.10. The number of rotatable bonds is 2. The van der Waals surface area contributed by atoms with Crippen LogP contribution in [0.15, 0.2) is 12.1 Å². The summed E-state index contributed by atoms with van der Waals surface area (Å²) in [4.78, 5) is 9.73. The number of fused-ring (bicyclic) bond motifs is 2. The molecular weight excluding hydrogens is 236 g/mol. The fourth-order valence-corrected chi connectivity index (χ4v) is 3.52. The Labute approximate surface area is 115 Å². The Morgan fingerprint density at radius 1 is 1.26 bits per heavy atom. The highest BCUT2D eigenvalue weighted by Crippen LogP contribution is 2.30. The lowest BCUT2D eigenvalue weighted by atomic mass is 10.1. The van der Waals surface area contributed by atoms with E-state index in [-0.39, 0.29) is 0 Å². The quantitative estimate of drug-likeness (QED) is 0.876. The lowest BCUT2D eigenvalue weighted by Gasteiger charge is -2.27. The van der Waals surface area contributed by atoms with Gasteiger partial charge in [-0.15, -0.1) is 0 Å². The van der Waals surface area contributed by atoms with E-state index in [1.54, 1.807) is 0 Å². The molecule has 2 atom stereocenters. The minimum atomic E-state index is 0.593. The molecule has 2 N–H and O–H groups in total. The van der Waals surface area contributed by atoms with Crippen molar-refractivity contribution in [2.24, 2.45) is 5.73 Å². The maximum absolute atomic E-state index is 5.78. The Bertz CT molecular complexity index is 459. The average Bonchev–Trinajstić information content (AvgIpc) is 2.62. The molecule has 0 spiro atoms. The first kappa shape index (κ1) is 12.9. The Morgan fingerprint density at radius 2 is 2.05 bits per heavy atom. The van der Waals surface area contributed by atoms with E-state index in [0.717, 1.165) is 30.6 Å². The number of hydrogen-bond donors (Lipinski definition) is 1. The summed E-state index contributed by atoms with van der Waals surface area (Å²) in [6, 6.07) is 5.70. The van der Waals surface area contributed by atoms with Crippen LogP contribution >= 0.6 is 0 Å². The van der Waals surface area contributed by atoms with Crippen molar-refractivity contribution in [2.45, 2.75) is 44.8 Å². The number of aromatic nitrogens is 1. The first-order chi connectivity index (χ1) is 9.17. The molecule has 2 unspecified atom stereocenters. The summed E-state index contributed by atoms with van der Waals surface area (Å²) in [5.74, 6) is 1.11. The van der Waals surface area contributed by atoms with Gasteiger partial charge in [-0.05, 0) is 50.9 Å². The van der Waals surface area contributed by atoms with E-state index in [4.69, 9.17) is 10.7 Å². The van der Waals surface area contributed by atoms with Crippen LogP contribution in [0.1, 0.15) is 30.5 Å². The Hall–Kier alpha value is -1.13. The standard InChI is InChI=1S/C15H24N4/c1-11-7-12(9-16)8-15(17-11)19-6-5-13-3-4-14(10-19)18(13)2/h7-8,13-14H,3-6,9-10,16H2,1-2H3. The molecule has 19 heavy (non-hydrogen) atoms. The molecule has 0 aromatic carbocycles. The van der Waals surface area contributed by atoms with E-state index < -0.39 is 0 Å². The van der Waals surface area contributed by atoms with Gasteiger partial charge in [0.2, 0.25) is 0 Å². The normalized spacial score (nSPS) is 27.6. The molecule has 0 aliphatic carbocycles. The fourth-order valence-electron chi connectivity index (χ4n) is 3.52. The van der Waals surface area contributed by atoms with E-state index in [1.807, 2.05) is 0 Å². The molecule has 2 saturated heterocycles. The van der Waals surface area contributed by atoms with Crippen molar-refractivity contribution < 1.29 is 0 Å². The van der Waals surface area contributed by atoms with E-state index >= 15 is 0 Å². The minimum absolute atomic E-state index is 0.593. The van der Waals surface area contributed by atoms with Gasteiger partial charge in [-0.2, -0.15) is 0 Å². The highest BCUT2D eigenvalue weighted by Gasteiger charge is 2.34. The van der Waals surface area contributed by atoms with Crippen molar-refractivity contribution in [1.29, 1.82) is 0 Å². The maximum atomic E-state index is 5.78. The van der Waals surface area contributed by atoms with Gasteiger partial charge in [0.15, 0.2) is 0 Å². The largest absolute Gasteiger partial charge is 0.355 e. The smallest absolute Gasteiger partial charge is 0.129 e. The number of hydrogen-bond acceptors (Lipinski definition) is 4. The molecule has 2 bridgehead atoms. The van der Waals surface area contributed by atoms with Gasteiger partial charge in [0, 0.05) is 37.4 Å². The van der Waals surface area contributed by atoms with Crippen LogP contribution in [0.3, 0.4) is 0 Å². The van der Waals surface area contributed by atoms with E-state index in [2.05, 4.69) is 35.9 Å². The van der Waals surface area contributed by atoms with Gasteiger partial charge in [-0.3, -0.25) is 4.90 Å². The third-order valence-electron chi connectivity index (χ3n) is 4.71. The van der Waals surface area contributed by atoms with Crippen LogP contribution in [0.4, 0.5) is 5.82 Å². The highest BCUT2D eigenvalue weighted by atomic mass is 15.3. The lowest BCUT2D eigenvalue weighted by molar-refractivity contribution is 0.254. The topological polar surface area (TPSA) is 45.4 Å². The van der Waals surface area contributed by atoms with Crippen LogP contribution in [0.5, 0.6) is 0 Å². The molecule has 2 aliphatic rings. The summed E-state index contributed by atoms with van der Waals surface area (Å²) < 4.78 is 0. The van der Waals surface area contributed by atoms with E-state index in [9.17, 15) is 0 Å². The highest BCUT2D eigenvalue weighted by molar-refractivity contribution is 5.43. The van der Waals surface area contributed by atoms with Gasteiger partial charge < -0.3 is 10.6 Å². The zero-order chi connectivity index (χ0) is 13.4. The number of aryl methyl sites for hydroxylation is 1. The molecule has 0 amide bonds. The van der Waals surface area contributed by atoms with Crippen LogP contribution in [-0.4, -0.2) is 42.1 Å². The Kier molecular flexibility index (Phi) is 3.46. The van der Waals surface area contributed by atoms with Crippen molar-refractivity contribution in [3.63, 3.8) is 0 Å². The van der Waals surface area contributed by atoms with Gasteiger partial charge in [0.25, 0.3) is 0 Å². The molecule has 104 valence electrons. The summed E-state index contributed by atoms with van der Waals surface area (Å²) in [6.45, 7) is 4.87. The third kappa shape index (κ3) is 2.47. The number of pyridine rings is 1. The second-order valence-corrected chi connectivity index (χ2v) is 5.96. The molecule has 2 aliphatic heterocycles. The molecule has 1 aromatic heterocycles. The first-order valence-corrected chi connectivity index (χ1v) is 7.32. The van der Waals surface area contributed by atoms with Crippen LogP contribution in [0.2, 0.25) is 0 Å². The van der Waals surface area contributed by atoms with Crippen LogP contribution in [0.25, 0.3) is 0 Å². The summed E-state index contributed by atoms with van der Waals surface area (Å²) in [5.41, 5.74) is 8.03. The molecule has 4 nitrogen and oxygen atoms in total. The second-order valence-electron chi connectivity index (χ2n) is 5.96. The maximum Gasteiger partial charge on any atom is 0.129 e. The summed E-state index contributed by atoms with van der Waals surface area (Å²) in [5, 5.41) is 0. The SMILES string of the molecule is Cc1cc(CN)cc(N2CCC3CCC(C2)N3C)n1. The zero-order valence-corrected chi connectivity index (χ0v) is 12.0. The van der Waals surface area contributed by atoms with Gasteiger partial charge in [0.1, 0.15) is 5.82 Å². The Balaban J connectivity index is 1.84. The molecule has 3 heterocycles. The van der Waals surface area contributed by atoms with Crippen molar-refractivity contribution in [3.8, 4) is 0 Å². The summed E-state index contributed by atoms with van der Waals surface area (Å²) in [7, 11) is 2.28. The molecule has 4 heteroatoms. The molecule has 0 saturated carbocycles.